The van der Waals surface area contributed by atoms with Crippen molar-refractivity contribution in [2.75, 3.05) is 26.1 Å². The lowest BCUT2D eigenvalue weighted by Crippen LogP contribution is -2.55. The summed E-state index contributed by atoms with van der Waals surface area (Å²) in [7, 11) is 2.69. The highest BCUT2D eigenvalue weighted by Gasteiger charge is 2.59. The zero-order valence-electron chi connectivity index (χ0n) is 19.6. The average Bonchev–Trinajstić information content (AvgIpc) is 3.23. The number of carbonyl (C=O) groups is 1. The van der Waals surface area contributed by atoms with E-state index in [0.717, 1.165) is 36.1 Å². The Morgan fingerprint density at radius 2 is 2.00 bits per heavy atom. The molecule has 0 bridgehead atoms. The minimum Gasteiger partial charge on any atom is -0.495 e. The van der Waals surface area contributed by atoms with Crippen molar-refractivity contribution in [3.8, 4) is 5.75 Å². The second-order valence-corrected chi connectivity index (χ2v) is 8.16. The van der Waals surface area contributed by atoms with E-state index in [9.17, 15) is 13.6 Å². The number of piperidine rings is 1. The van der Waals surface area contributed by atoms with Gasteiger partial charge < -0.3 is 30.3 Å². The van der Waals surface area contributed by atoms with E-state index < -0.39 is 28.9 Å². The number of carbonyl (C=O) groups excluding carboxylic acids is 1. The van der Waals surface area contributed by atoms with Gasteiger partial charge in [0.05, 0.1) is 19.9 Å². The number of benzene rings is 2. The first-order valence-corrected chi connectivity index (χ1v) is 11.0. The number of halogens is 2. The van der Waals surface area contributed by atoms with Gasteiger partial charge in [-0.25, -0.2) is 13.6 Å². The van der Waals surface area contributed by atoms with Gasteiger partial charge >= 0.3 is 11.7 Å². The van der Waals surface area contributed by atoms with Crippen LogP contribution >= 0.6 is 0 Å². The third-order valence-electron chi connectivity index (χ3n) is 5.80. The molecule has 0 saturated carbocycles. The van der Waals surface area contributed by atoms with E-state index in [1.54, 1.807) is 20.2 Å². The minimum absolute atomic E-state index is 0.288. The van der Waals surface area contributed by atoms with E-state index in [2.05, 4.69) is 10.5 Å². The fraction of sp³-hybridized carbons (Fsp3) is 0.280. The zero-order chi connectivity index (χ0) is 25.2. The zero-order valence-corrected chi connectivity index (χ0v) is 19.6. The summed E-state index contributed by atoms with van der Waals surface area (Å²) < 4.78 is 40.1. The Balaban J connectivity index is 1.73. The second-order valence-electron chi connectivity index (χ2n) is 8.16. The third kappa shape index (κ3) is 4.27. The lowest BCUT2D eigenvalue weighted by atomic mass is 9.93. The van der Waals surface area contributed by atoms with Gasteiger partial charge in [0, 0.05) is 18.4 Å². The Hall–Kier alpha value is -4.08. The van der Waals surface area contributed by atoms with Crippen LogP contribution in [0.1, 0.15) is 30.9 Å². The SMILES string of the molecule is COC(=O)C1(c2c(F)cccc2F)ON=C2/C(=C\c3ccc(N/C=C(/C)N)c(OC)c3)CCCN21. The molecule has 1 unspecified atom stereocenters. The lowest BCUT2D eigenvalue weighted by molar-refractivity contribution is -0.188. The van der Waals surface area contributed by atoms with E-state index >= 15 is 0 Å². The molecule has 4 rings (SSSR count). The summed E-state index contributed by atoms with van der Waals surface area (Å²) in [6.07, 6.45) is 4.75. The topological polar surface area (TPSA) is 98.4 Å². The van der Waals surface area contributed by atoms with E-state index in [0.29, 0.717) is 30.1 Å². The van der Waals surface area contributed by atoms with Crippen LogP contribution in [0.3, 0.4) is 0 Å². The molecule has 10 heteroatoms. The highest BCUT2D eigenvalue weighted by atomic mass is 19.1. The van der Waals surface area contributed by atoms with Crippen LogP contribution in [0.15, 0.2) is 59.0 Å². The summed E-state index contributed by atoms with van der Waals surface area (Å²) in [6.45, 7) is 2.05. The molecule has 2 aliphatic rings. The van der Waals surface area contributed by atoms with Crippen LogP contribution < -0.4 is 15.8 Å². The highest BCUT2D eigenvalue weighted by Crippen LogP contribution is 2.43. The van der Waals surface area contributed by atoms with Crippen LogP contribution in [0.5, 0.6) is 5.75 Å². The summed E-state index contributed by atoms with van der Waals surface area (Å²) >= 11 is 0. The first kappa shape index (κ1) is 24.1. The number of hydrogen-bond donors (Lipinski definition) is 2. The average molecular weight is 485 g/mol. The molecule has 0 amide bonds. The number of nitrogens with two attached hydrogens (primary N) is 1. The molecule has 1 fully saturated rings. The lowest BCUT2D eigenvalue weighted by Gasteiger charge is -2.37. The number of fused-ring (bicyclic) bond motifs is 1. The van der Waals surface area contributed by atoms with Gasteiger partial charge in [0.2, 0.25) is 0 Å². The molecule has 8 nitrogen and oxygen atoms in total. The molecule has 2 aromatic carbocycles. The molecule has 1 saturated heterocycles. The number of anilines is 1. The Morgan fingerprint density at radius 3 is 2.66 bits per heavy atom. The summed E-state index contributed by atoms with van der Waals surface area (Å²) in [5.74, 6) is -1.93. The molecular weight excluding hydrogens is 458 g/mol. The molecule has 0 spiro atoms. The maximum atomic E-state index is 14.8. The van der Waals surface area contributed by atoms with Gasteiger partial charge in [0.25, 0.3) is 0 Å². The van der Waals surface area contributed by atoms with Gasteiger partial charge in [-0.2, -0.15) is 0 Å². The summed E-state index contributed by atoms with van der Waals surface area (Å²) in [5, 5.41) is 7.18. The molecule has 35 heavy (non-hydrogen) atoms. The summed E-state index contributed by atoms with van der Waals surface area (Å²) in [5.41, 5.74) is 5.80. The van der Waals surface area contributed by atoms with Crippen molar-refractivity contribution in [3.05, 3.63) is 76.6 Å². The fourth-order valence-corrected chi connectivity index (χ4v) is 4.23. The number of amidine groups is 1. The fourth-order valence-electron chi connectivity index (χ4n) is 4.23. The number of oxime groups is 1. The van der Waals surface area contributed by atoms with Gasteiger partial charge in [-0.15, -0.1) is 0 Å². The van der Waals surface area contributed by atoms with Crippen molar-refractivity contribution < 1.29 is 27.9 Å². The van der Waals surface area contributed by atoms with Gasteiger partial charge in [0.15, 0.2) is 5.84 Å². The summed E-state index contributed by atoms with van der Waals surface area (Å²) in [4.78, 5) is 19.9. The molecule has 1 atom stereocenters. The quantitative estimate of drug-likeness (QED) is 0.597. The first-order valence-electron chi connectivity index (χ1n) is 11.0. The molecule has 0 aliphatic carbocycles. The van der Waals surface area contributed by atoms with E-state index in [4.69, 9.17) is 20.0 Å². The first-order chi connectivity index (χ1) is 16.8. The second kappa shape index (κ2) is 9.65. The monoisotopic (exact) mass is 484 g/mol. The molecule has 0 radical (unpaired) electrons. The maximum Gasteiger partial charge on any atom is 0.380 e. The number of methoxy groups -OCH3 is 2. The number of nitrogens with one attached hydrogen (secondary N) is 1. The Bertz CT molecular complexity index is 1220. The highest BCUT2D eigenvalue weighted by molar-refractivity contribution is 6.06. The molecule has 184 valence electrons. The van der Waals surface area contributed by atoms with Crippen molar-refractivity contribution in [1.82, 2.24) is 4.90 Å². The standard InChI is InChI=1S/C25H26F2N4O4/c1-15(28)14-29-20-10-9-16(13-21(20)33-2)12-17-6-5-11-31-23(17)30-35-25(31,24(32)34-3)22-18(26)7-4-8-19(22)27/h4,7-10,12-14,29H,5-6,11,28H2,1-3H3/b15-14-,17-12-. The number of rotatable bonds is 6. The van der Waals surface area contributed by atoms with Crippen molar-refractivity contribution in [2.24, 2.45) is 10.9 Å². The van der Waals surface area contributed by atoms with Crippen LogP contribution in [0.25, 0.3) is 6.08 Å². The predicted molar refractivity (Wildman–Crippen MR) is 127 cm³/mol. The van der Waals surface area contributed by atoms with Gasteiger partial charge in [-0.05, 0) is 61.2 Å². The smallest absolute Gasteiger partial charge is 0.380 e. The number of hydrogen-bond acceptors (Lipinski definition) is 8. The van der Waals surface area contributed by atoms with E-state index in [1.807, 2.05) is 24.3 Å². The van der Waals surface area contributed by atoms with Gasteiger partial charge in [-0.3, -0.25) is 0 Å². The number of esters is 1. The number of nitrogens with zero attached hydrogens (tertiary/aromatic N) is 2. The molecule has 2 aromatic rings. The largest absolute Gasteiger partial charge is 0.495 e. The van der Waals surface area contributed by atoms with Gasteiger partial charge in [0.1, 0.15) is 22.9 Å². The van der Waals surface area contributed by atoms with Crippen molar-refractivity contribution in [2.45, 2.75) is 25.5 Å². The van der Waals surface area contributed by atoms with E-state index in [1.165, 1.54) is 11.0 Å². The van der Waals surface area contributed by atoms with Crippen LogP contribution in [-0.2, 0) is 20.1 Å². The van der Waals surface area contributed by atoms with E-state index in [-0.39, 0.29) is 6.54 Å². The van der Waals surface area contributed by atoms with Crippen molar-refractivity contribution >= 4 is 23.6 Å². The Morgan fingerprint density at radius 1 is 1.26 bits per heavy atom. The van der Waals surface area contributed by atoms with Crippen molar-refractivity contribution in [3.63, 3.8) is 0 Å². The molecule has 0 aromatic heterocycles. The van der Waals surface area contributed by atoms with Crippen molar-refractivity contribution in [1.29, 1.82) is 0 Å². The van der Waals surface area contributed by atoms with Crippen LogP contribution in [0, 0.1) is 11.6 Å². The van der Waals surface area contributed by atoms with Gasteiger partial charge in [-0.1, -0.05) is 17.3 Å². The van der Waals surface area contributed by atoms with Crippen LogP contribution in [0.4, 0.5) is 14.5 Å². The number of ether oxygens (including phenoxy) is 2. The molecule has 2 heterocycles. The van der Waals surface area contributed by atoms with Crippen LogP contribution in [0.2, 0.25) is 0 Å². The Kier molecular flexibility index (Phi) is 6.63. The number of allylic oxidation sites excluding steroid dienone is 1. The summed E-state index contributed by atoms with van der Waals surface area (Å²) in [6, 6.07) is 8.88. The predicted octanol–water partition coefficient (Wildman–Crippen LogP) is 4.05. The Labute approximate surface area is 201 Å². The normalized spacial score (nSPS) is 20.7. The maximum absolute atomic E-state index is 14.8. The molecular formula is C25H26F2N4O4. The molecule has 2 aliphatic heterocycles. The third-order valence-corrected chi connectivity index (χ3v) is 5.80. The molecule has 3 N–H and O–H groups in total. The van der Waals surface area contributed by atoms with Crippen LogP contribution in [-0.4, -0.2) is 37.5 Å². The minimum atomic E-state index is -2.20.